The van der Waals surface area contributed by atoms with Gasteiger partial charge in [-0.05, 0) is 56.0 Å². The minimum atomic E-state index is 0.783. The van der Waals surface area contributed by atoms with E-state index < -0.39 is 0 Å². The first-order valence-electron chi connectivity index (χ1n) is 7.10. The summed E-state index contributed by atoms with van der Waals surface area (Å²) in [6.07, 6.45) is 5.93. The zero-order valence-corrected chi connectivity index (χ0v) is 13.1. The molecule has 1 heterocycles. The van der Waals surface area contributed by atoms with Crippen LogP contribution in [-0.2, 0) is 0 Å². The Balaban J connectivity index is 2.03. The number of nitrogen functional groups attached to an aromatic ring is 1. The maximum absolute atomic E-state index is 5.88. The molecule has 0 unspecified atom stereocenters. The van der Waals surface area contributed by atoms with Crippen LogP contribution in [0, 0.1) is 6.92 Å². The molecule has 3 nitrogen and oxygen atoms in total. The van der Waals surface area contributed by atoms with E-state index in [1.54, 1.807) is 0 Å². The van der Waals surface area contributed by atoms with Crippen molar-refractivity contribution in [2.75, 3.05) is 29.6 Å². The van der Waals surface area contributed by atoms with Crippen molar-refractivity contribution in [3.8, 4) is 0 Å². The Morgan fingerprint density at radius 3 is 2.85 bits per heavy atom. The molecule has 0 fully saturated rings. The molecule has 0 amide bonds. The molecule has 0 aliphatic heterocycles. The van der Waals surface area contributed by atoms with E-state index in [-0.39, 0.29) is 0 Å². The highest BCUT2D eigenvalue weighted by Gasteiger charge is 2.04. The van der Waals surface area contributed by atoms with Crippen LogP contribution in [0.5, 0.6) is 0 Å². The third-order valence-corrected chi connectivity index (χ3v) is 4.00. The summed E-state index contributed by atoms with van der Waals surface area (Å²) < 4.78 is 0. The number of nitrogens with zero attached hydrogens (tertiary/aromatic N) is 1. The number of aromatic nitrogens is 1. The molecule has 4 heteroatoms. The van der Waals surface area contributed by atoms with Gasteiger partial charge in [0.25, 0.3) is 0 Å². The normalized spacial score (nSPS) is 10.9. The topological polar surface area (TPSA) is 50.9 Å². The molecule has 2 rings (SSSR count). The molecule has 0 atom stereocenters. The van der Waals surface area contributed by atoms with E-state index in [0.29, 0.717) is 0 Å². The van der Waals surface area contributed by atoms with E-state index >= 15 is 0 Å². The van der Waals surface area contributed by atoms with Gasteiger partial charge in [0.15, 0.2) is 0 Å². The molecule has 0 saturated carbocycles. The van der Waals surface area contributed by atoms with Gasteiger partial charge in [-0.25, -0.2) is 0 Å². The van der Waals surface area contributed by atoms with Gasteiger partial charge in [0, 0.05) is 29.0 Å². The fourth-order valence-corrected chi connectivity index (χ4v) is 2.79. The van der Waals surface area contributed by atoms with E-state index in [0.717, 1.165) is 34.5 Å². The first-order chi connectivity index (χ1) is 9.70. The molecule has 0 aliphatic carbocycles. The van der Waals surface area contributed by atoms with Gasteiger partial charge in [-0.3, -0.25) is 4.98 Å². The molecule has 0 bridgehead atoms. The van der Waals surface area contributed by atoms with Crippen LogP contribution in [0.2, 0.25) is 0 Å². The quantitative estimate of drug-likeness (QED) is 0.596. The lowest BCUT2D eigenvalue weighted by molar-refractivity contribution is 0.750. The van der Waals surface area contributed by atoms with Crippen molar-refractivity contribution in [1.29, 1.82) is 0 Å². The number of hydrogen-bond donors (Lipinski definition) is 2. The van der Waals surface area contributed by atoms with Crippen molar-refractivity contribution < 1.29 is 0 Å². The Bertz CT molecular complexity index is 569. The highest BCUT2D eigenvalue weighted by atomic mass is 32.2. The van der Waals surface area contributed by atoms with E-state index in [2.05, 4.69) is 22.6 Å². The van der Waals surface area contributed by atoms with Crippen LogP contribution in [0.25, 0.3) is 10.9 Å². The first-order valence-corrected chi connectivity index (χ1v) is 8.50. The van der Waals surface area contributed by atoms with Crippen molar-refractivity contribution >= 4 is 34.0 Å². The summed E-state index contributed by atoms with van der Waals surface area (Å²) >= 11 is 1.92. The van der Waals surface area contributed by atoms with E-state index in [9.17, 15) is 0 Å². The fourth-order valence-electron chi connectivity index (χ4n) is 2.29. The molecule has 0 spiro atoms. The number of nitrogens with two attached hydrogens (primary N) is 1. The summed E-state index contributed by atoms with van der Waals surface area (Å²) in [5, 5.41) is 4.64. The maximum atomic E-state index is 5.88. The third kappa shape index (κ3) is 4.04. The lowest BCUT2D eigenvalue weighted by Crippen LogP contribution is -2.03. The summed E-state index contributed by atoms with van der Waals surface area (Å²) in [6, 6.07) is 7.99. The van der Waals surface area contributed by atoms with Gasteiger partial charge >= 0.3 is 0 Å². The molecule has 108 valence electrons. The minimum absolute atomic E-state index is 0.783. The van der Waals surface area contributed by atoms with Crippen molar-refractivity contribution in [2.24, 2.45) is 0 Å². The average Bonchev–Trinajstić information content (AvgIpc) is 2.43. The minimum Gasteiger partial charge on any atom is -0.399 e. The second-order valence-electron chi connectivity index (χ2n) is 5.07. The Morgan fingerprint density at radius 1 is 1.20 bits per heavy atom. The van der Waals surface area contributed by atoms with Gasteiger partial charge in [0.2, 0.25) is 0 Å². The Morgan fingerprint density at radius 2 is 2.05 bits per heavy atom. The number of nitrogens with one attached hydrogen (secondary N) is 1. The average molecular weight is 289 g/mol. The van der Waals surface area contributed by atoms with E-state index in [4.69, 9.17) is 5.73 Å². The number of fused-ring (bicyclic) bond motifs is 1. The molecule has 0 radical (unpaired) electrons. The Hall–Kier alpha value is -1.42. The van der Waals surface area contributed by atoms with Crippen molar-refractivity contribution in [1.82, 2.24) is 4.98 Å². The number of unbranched alkanes of at least 4 members (excludes halogenated alkanes) is 2. The monoisotopic (exact) mass is 289 g/mol. The maximum Gasteiger partial charge on any atom is 0.0727 e. The van der Waals surface area contributed by atoms with Crippen molar-refractivity contribution in [3.63, 3.8) is 0 Å². The number of aryl methyl sites for hydroxylation is 1. The smallest absolute Gasteiger partial charge is 0.0727 e. The van der Waals surface area contributed by atoms with Gasteiger partial charge in [0.05, 0.1) is 5.52 Å². The number of pyridine rings is 1. The number of anilines is 2. The second kappa shape index (κ2) is 7.39. The third-order valence-electron chi connectivity index (χ3n) is 3.30. The van der Waals surface area contributed by atoms with Crippen LogP contribution in [0.15, 0.2) is 24.3 Å². The molecule has 2 aromatic rings. The molecular formula is C16H23N3S. The number of benzene rings is 1. The van der Waals surface area contributed by atoms with Crippen LogP contribution in [0.1, 0.15) is 25.0 Å². The van der Waals surface area contributed by atoms with Crippen LogP contribution in [0.4, 0.5) is 11.4 Å². The first kappa shape index (κ1) is 15.0. The summed E-state index contributed by atoms with van der Waals surface area (Å²) in [7, 11) is 0. The van der Waals surface area contributed by atoms with Crippen LogP contribution < -0.4 is 11.1 Å². The van der Waals surface area contributed by atoms with Crippen molar-refractivity contribution in [2.45, 2.75) is 26.2 Å². The summed E-state index contributed by atoms with van der Waals surface area (Å²) in [6.45, 7) is 3.03. The lowest BCUT2D eigenvalue weighted by atomic mass is 10.1. The predicted molar refractivity (Wildman–Crippen MR) is 91.6 cm³/mol. The molecular weight excluding hydrogens is 266 g/mol. The molecule has 1 aromatic carbocycles. The zero-order valence-electron chi connectivity index (χ0n) is 12.3. The van der Waals surface area contributed by atoms with Crippen LogP contribution >= 0.6 is 11.8 Å². The van der Waals surface area contributed by atoms with E-state index in [1.807, 2.05) is 36.9 Å². The molecule has 20 heavy (non-hydrogen) atoms. The van der Waals surface area contributed by atoms with Crippen LogP contribution in [0.3, 0.4) is 0 Å². The highest BCUT2D eigenvalue weighted by molar-refractivity contribution is 7.98. The fraction of sp³-hybridized carbons (Fsp3) is 0.438. The summed E-state index contributed by atoms with van der Waals surface area (Å²) in [5.74, 6) is 1.26. The van der Waals surface area contributed by atoms with Crippen molar-refractivity contribution in [3.05, 3.63) is 30.0 Å². The Kier molecular flexibility index (Phi) is 5.53. The van der Waals surface area contributed by atoms with Crippen LogP contribution in [-0.4, -0.2) is 23.5 Å². The lowest BCUT2D eigenvalue weighted by Gasteiger charge is -2.11. The predicted octanol–water partition coefficient (Wildman–Crippen LogP) is 4.07. The second-order valence-corrected chi connectivity index (χ2v) is 6.05. The number of thioether (sulfide) groups is 1. The highest BCUT2D eigenvalue weighted by Crippen LogP contribution is 2.25. The molecule has 0 saturated heterocycles. The van der Waals surface area contributed by atoms with Gasteiger partial charge in [-0.2, -0.15) is 11.8 Å². The standard InChI is InChI=1S/C16H23N3S/c1-12-10-16(18-8-4-3-5-9-20-2)14-11-13(17)6-7-15(14)19-12/h6-7,10-11H,3-5,8-9,17H2,1-2H3,(H,18,19). The summed E-state index contributed by atoms with van der Waals surface area (Å²) in [4.78, 5) is 4.55. The zero-order chi connectivity index (χ0) is 14.4. The summed E-state index contributed by atoms with van der Waals surface area (Å²) in [5.41, 5.74) is 9.85. The van der Waals surface area contributed by atoms with Gasteiger partial charge in [-0.1, -0.05) is 6.42 Å². The number of hydrogen-bond acceptors (Lipinski definition) is 4. The van der Waals surface area contributed by atoms with Gasteiger partial charge in [-0.15, -0.1) is 0 Å². The van der Waals surface area contributed by atoms with Gasteiger partial charge in [0.1, 0.15) is 0 Å². The molecule has 1 aromatic heterocycles. The largest absolute Gasteiger partial charge is 0.399 e. The van der Waals surface area contributed by atoms with Gasteiger partial charge < -0.3 is 11.1 Å². The molecule has 3 N–H and O–H groups in total. The Labute approximate surface area is 125 Å². The number of rotatable bonds is 7. The SMILES string of the molecule is CSCCCCCNc1cc(C)nc2ccc(N)cc12. The van der Waals surface area contributed by atoms with E-state index in [1.165, 1.54) is 25.0 Å². The molecule has 0 aliphatic rings.